The molecule has 0 unspecified atom stereocenters. The number of amidine groups is 2. The van der Waals surface area contributed by atoms with E-state index in [1.165, 1.54) is 0 Å². The van der Waals surface area contributed by atoms with Crippen LogP contribution in [0, 0.1) is 0 Å². The Morgan fingerprint density at radius 2 is 1.03 bits per heavy atom. The summed E-state index contributed by atoms with van der Waals surface area (Å²) in [7, 11) is 0. The first-order valence-corrected chi connectivity index (χ1v) is 11.3. The fourth-order valence-corrected chi connectivity index (χ4v) is 3.80. The summed E-state index contributed by atoms with van der Waals surface area (Å²) in [6, 6.07) is 15.9. The van der Waals surface area contributed by atoms with Crippen molar-refractivity contribution in [3.63, 3.8) is 0 Å². The molecule has 8 nitrogen and oxygen atoms in total. The van der Waals surface area contributed by atoms with E-state index in [0.717, 1.165) is 58.4 Å². The van der Waals surface area contributed by atoms with Crippen molar-refractivity contribution in [2.45, 2.75) is 51.4 Å². The van der Waals surface area contributed by atoms with Gasteiger partial charge in [-0.1, -0.05) is 49.9 Å². The van der Waals surface area contributed by atoms with Crippen molar-refractivity contribution >= 4 is 45.2 Å². The first kappa shape index (κ1) is 26.3. The molecule has 0 fully saturated rings. The highest BCUT2D eigenvalue weighted by atomic mass is 16.4. The van der Waals surface area contributed by atoms with Crippen LogP contribution in [0.2, 0.25) is 0 Å². The Hall–Kier alpha value is -3.94. The van der Waals surface area contributed by atoms with Crippen LogP contribution in [0.1, 0.15) is 62.5 Å². The molecule has 180 valence electrons. The number of benzene rings is 3. The van der Waals surface area contributed by atoms with E-state index < -0.39 is 11.9 Å². The van der Waals surface area contributed by atoms with Crippen LogP contribution in [0.15, 0.2) is 48.5 Å². The monoisotopic (exact) mass is 464 g/mol. The largest absolute Gasteiger partial charge is 0.550 e. The van der Waals surface area contributed by atoms with Gasteiger partial charge in [-0.15, -0.1) is 0 Å². The normalized spacial score (nSPS) is 10.5. The number of hydrogen-bond donors (Lipinski definition) is 4. The zero-order valence-corrected chi connectivity index (χ0v) is 19.2. The van der Waals surface area contributed by atoms with Crippen molar-refractivity contribution in [2.75, 3.05) is 0 Å². The Kier molecular flexibility index (Phi) is 10.0. The van der Waals surface area contributed by atoms with Gasteiger partial charge in [-0.2, -0.15) is 0 Å². The summed E-state index contributed by atoms with van der Waals surface area (Å²) < 4.78 is 0. The maximum atomic E-state index is 10.0. The van der Waals surface area contributed by atoms with Crippen LogP contribution in [0.5, 0.6) is 0 Å². The predicted molar refractivity (Wildman–Crippen MR) is 129 cm³/mol. The van der Waals surface area contributed by atoms with E-state index in [9.17, 15) is 19.8 Å². The summed E-state index contributed by atoms with van der Waals surface area (Å²) in [5.74, 6) is -1.39. The van der Waals surface area contributed by atoms with Gasteiger partial charge in [0.15, 0.2) is 0 Å². The van der Waals surface area contributed by atoms with Gasteiger partial charge in [-0.3, -0.25) is 22.3 Å². The van der Waals surface area contributed by atoms with Gasteiger partial charge in [-0.25, -0.2) is 0 Å². The molecule has 0 aromatic heterocycles. The number of carbonyl (C=O) groups is 2. The average Bonchev–Trinajstić information content (AvgIpc) is 2.78. The van der Waals surface area contributed by atoms with Crippen LogP contribution in [0.4, 0.5) is 0 Å². The standard InChI is InChI=1S/C16H14N4.C10H18O4/c17-15(18)11-5-1-3-9-7-10-4-2-6-12(16(19)20)14(10)8-13(9)11;11-9(12)7-5-3-1-2-4-6-8-10(13)14/h1-8H,(H3,17,18)(H3,19,20);1-8H2,(H,11,12)(H,13,14). The van der Waals surface area contributed by atoms with Crippen molar-refractivity contribution in [1.29, 1.82) is 0 Å². The Labute approximate surface area is 198 Å². The number of fused-ring (bicyclic) bond motifs is 2. The summed E-state index contributed by atoms with van der Waals surface area (Å²) in [6.45, 7) is 0. The van der Waals surface area contributed by atoms with E-state index in [4.69, 9.17) is 22.3 Å². The molecule has 0 amide bonds. The van der Waals surface area contributed by atoms with E-state index >= 15 is 0 Å². The van der Waals surface area contributed by atoms with Gasteiger partial charge in [0.1, 0.15) is 0 Å². The Morgan fingerprint density at radius 3 is 1.38 bits per heavy atom. The molecular formula is C26H32N4O4. The molecule has 0 saturated carbocycles. The molecule has 8 heteroatoms. The van der Waals surface area contributed by atoms with Crippen LogP contribution in [-0.4, -0.2) is 23.6 Å². The van der Waals surface area contributed by atoms with Crippen LogP contribution in [-0.2, 0) is 9.59 Å². The molecule has 8 N–H and O–H groups in total. The molecule has 3 aromatic carbocycles. The van der Waals surface area contributed by atoms with Crippen molar-refractivity contribution in [3.05, 3.63) is 59.7 Å². The highest BCUT2D eigenvalue weighted by Crippen LogP contribution is 2.27. The maximum Gasteiger partial charge on any atom is 0.271 e. The number of nitrogens with two attached hydrogens (primary N) is 4. The number of carboxylic acid groups (broad SMARTS) is 2. The Balaban J connectivity index is 0.000000259. The van der Waals surface area contributed by atoms with E-state index in [1.807, 2.05) is 42.5 Å². The number of carbonyl (C=O) groups excluding carboxylic acids is 2. The zero-order valence-electron chi connectivity index (χ0n) is 19.2. The number of aliphatic carboxylic acids is 2. The molecule has 0 heterocycles. The number of rotatable bonds is 11. The summed E-state index contributed by atoms with van der Waals surface area (Å²) >= 11 is 0. The predicted octanol–water partition coefficient (Wildman–Crippen LogP) is -1.47. The second-order valence-corrected chi connectivity index (χ2v) is 8.18. The minimum absolute atomic E-state index is 0.124. The average molecular weight is 465 g/mol. The molecule has 0 spiro atoms. The second-order valence-electron chi connectivity index (χ2n) is 8.18. The van der Waals surface area contributed by atoms with Crippen LogP contribution in [0.3, 0.4) is 0 Å². The maximum absolute atomic E-state index is 10.0. The lowest BCUT2D eigenvalue weighted by atomic mass is 9.96. The van der Waals surface area contributed by atoms with Crippen LogP contribution in [0.25, 0.3) is 21.5 Å². The van der Waals surface area contributed by atoms with Crippen molar-refractivity contribution in [1.82, 2.24) is 0 Å². The fraction of sp³-hybridized carbons (Fsp3) is 0.308. The third-order valence-electron chi connectivity index (χ3n) is 5.51. The van der Waals surface area contributed by atoms with Gasteiger partial charge in [-0.05, 0) is 71.5 Å². The van der Waals surface area contributed by atoms with Gasteiger partial charge >= 0.3 is 0 Å². The number of unbranched alkanes of at least 4 members (excludes halogenated alkanes) is 5. The molecule has 0 aliphatic heterocycles. The van der Waals surface area contributed by atoms with E-state index in [2.05, 4.69) is 6.07 Å². The quantitative estimate of drug-likeness (QED) is 0.116. The minimum Gasteiger partial charge on any atom is -0.550 e. The molecular weight excluding hydrogens is 432 g/mol. The third kappa shape index (κ3) is 7.88. The lowest BCUT2D eigenvalue weighted by Crippen LogP contribution is -2.46. The van der Waals surface area contributed by atoms with E-state index in [-0.39, 0.29) is 12.8 Å². The van der Waals surface area contributed by atoms with Crippen molar-refractivity contribution in [2.24, 2.45) is 11.5 Å². The summed E-state index contributed by atoms with van der Waals surface area (Å²) in [4.78, 5) is 20.1. The zero-order chi connectivity index (χ0) is 25.1. The lowest BCUT2D eigenvalue weighted by molar-refractivity contribution is -0.307. The smallest absolute Gasteiger partial charge is 0.271 e. The molecule has 0 aliphatic rings. The summed E-state index contributed by atoms with van der Waals surface area (Å²) in [5.41, 5.74) is 13.2. The van der Waals surface area contributed by atoms with Gasteiger partial charge in [0.2, 0.25) is 0 Å². The summed E-state index contributed by atoms with van der Waals surface area (Å²) in [6.07, 6.45) is 5.23. The molecule has 0 saturated heterocycles. The van der Waals surface area contributed by atoms with Gasteiger partial charge < -0.3 is 19.8 Å². The van der Waals surface area contributed by atoms with Crippen LogP contribution < -0.4 is 32.5 Å². The van der Waals surface area contributed by atoms with Gasteiger partial charge in [0, 0.05) is 11.9 Å². The first-order chi connectivity index (χ1) is 16.2. The third-order valence-corrected chi connectivity index (χ3v) is 5.51. The van der Waals surface area contributed by atoms with Crippen molar-refractivity contribution in [3.8, 4) is 0 Å². The molecule has 0 atom stereocenters. The first-order valence-electron chi connectivity index (χ1n) is 11.3. The lowest BCUT2D eigenvalue weighted by Gasteiger charge is -2.07. The highest BCUT2D eigenvalue weighted by molar-refractivity contribution is 6.14. The molecule has 0 bridgehead atoms. The number of carboxylic acids is 2. The molecule has 3 rings (SSSR count). The highest BCUT2D eigenvalue weighted by Gasteiger charge is 2.12. The van der Waals surface area contributed by atoms with Gasteiger partial charge in [0.25, 0.3) is 11.7 Å². The summed E-state index contributed by atoms with van der Waals surface area (Å²) in [5, 5.41) is 35.7. The van der Waals surface area contributed by atoms with Gasteiger partial charge in [0.05, 0.1) is 11.1 Å². The molecule has 3 aromatic rings. The Bertz CT molecular complexity index is 1100. The van der Waals surface area contributed by atoms with Crippen LogP contribution >= 0.6 is 0 Å². The van der Waals surface area contributed by atoms with Crippen molar-refractivity contribution < 1.29 is 30.6 Å². The molecule has 34 heavy (non-hydrogen) atoms. The van der Waals surface area contributed by atoms with E-state index in [0.29, 0.717) is 24.5 Å². The Morgan fingerprint density at radius 1 is 0.647 bits per heavy atom. The molecule has 0 radical (unpaired) electrons. The number of hydrogen-bond acceptors (Lipinski definition) is 4. The molecule has 0 aliphatic carbocycles. The fourth-order valence-electron chi connectivity index (χ4n) is 3.80. The minimum atomic E-state index is -0.998. The topological polar surface area (TPSA) is 183 Å². The SMILES string of the molecule is NC(=[NH2+])c1cccc2cc3cccc(C(N)=[NH2+])c3cc12.O=C([O-])CCCCCCCCC(=O)[O-]. The van der Waals surface area contributed by atoms with E-state index in [1.54, 1.807) is 0 Å². The second kappa shape index (κ2) is 12.9.